The average Bonchev–Trinajstić information content (AvgIpc) is 3.40. The predicted molar refractivity (Wildman–Crippen MR) is 120 cm³/mol. The van der Waals surface area contributed by atoms with Gasteiger partial charge in [0.2, 0.25) is 0 Å². The third-order valence-electron chi connectivity index (χ3n) is 7.18. The molecule has 8 heteroatoms. The van der Waals surface area contributed by atoms with Crippen molar-refractivity contribution in [2.45, 2.75) is 62.4 Å². The molecule has 0 amide bonds. The summed E-state index contributed by atoms with van der Waals surface area (Å²) >= 11 is 0. The molecule has 3 aliphatic rings. The summed E-state index contributed by atoms with van der Waals surface area (Å²) in [6.45, 7) is 0. The van der Waals surface area contributed by atoms with E-state index in [1.165, 1.54) is 12.8 Å². The van der Waals surface area contributed by atoms with Gasteiger partial charge in [-0.15, -0.1) is 0 Å². The summed E-state index contributed by atoms with van der Waals surface area (Å²) in [7, 11) is 1.89. The molecule has 1 aliphatic carbocycles. The highest BCUT2D eigenvalue weighted by molar-refractivity contribution is 5.73. The molecular formula is C24H27FN6O. The normalized spacial score (nSPS) is 26.9. The van der Waals surface area contributed by atoms with Gasteiger partial charge >= 0.3 is 0 Å². The molecule has 2 aliphatic heterocycles. The number of nitrogens with one attached hydrogen (secondary N) is 1. The number of anilines is 1. The molecule has 0 spiro atoms. The van der Waals surface area contributed by atoms with Gasteiger partial charge in [0.05, 0.1) is 36.4 Å². The number of halogens is 1. The molecule has 32 heavy (non-hydrogen) atoms. The molecule has 1 saturated carbocycles. The number of piperidine rings is 1. The standard InChI is InChI=1S/C24H27FN6O/c1-30(21-9-16-3-7-19(29-16)24(21)25)23-12-26-20(11-27-23)18-6-2-14(8-22(18)32)15-10-28-31(13-15)17-4-5-17/h2,6,8,10-13,16-17,19,21,24,29,32H,3-5,7,9H2,1H3/t16-,19+,21-,24+/m1/s1. The number of alkyl halides is 1. The first-order valence-electron chi connectivity index (χ1n) is 11.4. The fraction of sp³-hybridized carbons (Fsp3) is 0.458. The van der Waals surface area contributed by atoms with Crippen molar-refractivity contribution < 1.29 is 9.50 Å². The number of rotatable bonds is 5. The number of aromatic hydroxyl groups is 1. The Labute approximate surface area is 186 Å². The molecule has 7 nitrogen and oxygen atoms in total. The molecule has 3 aromatic rings. The van der Waals surface area contributed by atoms with Gasteiger partial charge in [0.15, 0.2) is 0 Å². The second kappa shape index (κ2) is 7.55. The Balaban J connectivity index is 1.20. The third kappa shape index (κ3) is 3.43. The van der Waals surface area contributed by atoms with E-state index < -0.39 is 6.17 Å². The van der Waals surface area contributed by atoms with Crippen LogP contribution < -0.4 is 10.2 Å². The van der Waals surface area contributed by atoms with Crippen LogP contribution in [0.3, 0.4) is 0 Å². The second-order valence-electron chi connectivity index (χ2n) is 9.34. The Morgan fingerprint density at radius 1 is 1.09 bits per heavy atom. The maximum atomic E-state index is 14.9. The summed E-state index contributed by atoms with van der Waals surface area (Å²) in [6.07, 6.45) is 11.3. The first-order valence-corrected chi connectivity index (χ1v) is 11.4. The van der Waals surface area contributed by atoms with Gasteiger partial charge in [-0.2, -0.15) is 5.10 Å². The van der Waals surface area contributed by atoms with Gasteiger partial charge in [-0.25, -0.2) is 9.37 Å². The highest BCUT2D eigenvalue weighted by atomic mass is 19.1. The SMILES string of the molecule is CN(c1cnc(-c2ccc(-c3cnn(C4CC4)c3)cc2O)cn1)[C@@H]1C[C@H]2CC[C@H](N2)[C@@H]1F. The van der Waals surface area contributed by atoms with Crippen molar-refractivity contribution >= 4 is 5.82 Å². The van der Waals surface area contributed by atoms with E-state index in [1.54, 1.807) is 18.5 Å². The van der Waals surface area contributed by atoms with Gasteiger partial charge in [-0.3, -0.25) is 9.67 Å². The summed E-state index contributed by atoms with van der Waals surface area (Å²) in [6, 6.07) is 6.22. The zero-order chi connectivity index (χ0) is 21.8. The van der Waals surface area contributed by atoms with E-state index in [9.17, 15) is 9.50 Å². The minimum atomic E-state index is -0.916. The fourth-order valence-corrected chi connectivity index (χ4v) is 5.11. The van der Waals surface area contributed by atoms with E-state index in [1.807, 2.05) is 41.2 Å². The molecule has 3 fully saturated rings. The van der Waals surface area contributed by atoms with Crippen LogP contribution in [-0.4, -0.2) is 56.2 Å². The van der Waals surface area contributed by atoms with Crippen molar-refractivity contribution in [3.63, 3.8) is 0 Å². The van der Waals surface area contributed by atoms with E-state index in [2.05, 4.69) is 20.4 Å². The average molecular weight is 435 g/mol. The van der Waals surface area contributed by atoms with Crippen molar-refractivity contribution in [1.82, 2.24) is 25.1 Å². The van der Waals surface area contributed by atoms with Crippen molar-refractivity contribution in [1.29, 1.82) is 0 Å². The lowest BCUT2D eigenvalue weighted by molar-refractivity contribution is 0.176. The zero-order valence-electron chi connectivity index (χ0n) is 18.0. The number of phenols is 1. The van der Waals surface area contributed by atoms with Crippen LogP contribution in [0, 0.1) is 0 Å². The fourth-order valence-electron chi connectivity index (χ4n) is 5.11. The molecule has 2 bridgehead atoms. The minimum absolute atomic E-state index is 0.0553. The summed E-state index contributed by atoms with van der Waals surface area (Å²) in [4.78, 5) is 11.0. The maximum Gasteiger partial charge on any atom is 0.147 e. The lowest BCUT2D eigenvalue weighted by Crippen LogP contribution is -2.55. The number of nitrogens with zero attached hydrogens (tertiary/aromatic N) is 5. The van der Waals surface area contributed by atoms with Crippen LogP contribution in [0.25, 0.3) is 22.4 Å². The number of aromatic nitrogens is 4. The van der Waals surface area contributed by atoms with Gasteiger partial charge in [0, 0.05) is 36.5 Å². The molecule has 4 atom stereocenters. The van der Waals surface area contributed by atoms with Crippen LogP contribution in [-0.2, 0) is 0 Å². The van der Waals surface area contributed by atoms with Crippen LogP contribution in [0.4, 0.5) is 10.2 Å². The van der Waals surface area contributed by atoms with Gasteiger partial charge in [-0.1, -0.05) is 6.07 Å². The molecule has 166 valence electrons. The quantitative estimate of drug-likeness (QED) is 0.637. The molecule has 2 N–H and O–H groups in total. The molecule has 0 radical (unpaired) electrons. The molecule has 4 heterocycles. The van der Waals surface area contributed by atoms with Crippen LogP contribution >= 0.6 is 0 Å². The van der Waals surface area contributed by atoms with Crippen LogP contribution in [0.1, 0.15) is 38.1 Å². The Bertz CT molecular complexity index is 1130. The van der Waals surface area contributed by atoms with E-state index in [0.29, 0.717) is 29.2 Å². The Morgan fingerprint density at radius 3 is 2.72 bits per heavy atom. The topological polar surface area (TPSA) is 79.1 Å². The molecule has 0 unspecified atom stereocenters. The Hall–Kier alpha value is -3.00. The van der Waals surface area contributed by atoms with Gasteiger partial charge < -0.3 is 15.3 Å². The van der Waals surface area contributed by atoms with E-state index in [0.717, 1.165) is 30.4 Å². The highest BCUT2D eigenvalue weighted by Gasteiger charge is 2.43. The summed E-state index contributed by atoms with van der Waals surface area (Å²) in [5, 5.41) is 18.4. The minimum Gasteiger partial charge on any atom is -0.507 e. The number of benzene rings is 1. The largest absolute Gasteiger partial charge is 0.507 e. The summed E-state index contributed by atoms with van der Waals surface area (Å²) in [5.74, 6) is 0.794. The van der Waals surface area contributed by atoms with E-state index in [-0.39, 0.29) is 17.8 Å². The summed E-state index contributed by atoms with van der Waals surface area (Å²) < 4.78 is 16.9. The lowest BCUT2D eigenvalue weighted by Gasteiger charge is -2.38. The van der Waals surface area contributed by atoms with Crippen molar-refractivity contribution in [3.8, 4) is 28.1 Å². The van der Waals surface area contributed by atoms with Crippen LogP contribution in [0.2, 0.25) is 0 Å². The second-order valence-corrected chi connectivity index (χ2v) is 9.34. The number of hydrogen-bond acceptors (Lipinski definition) is 6. The van der Waals surface area contributed by atoms with E-state index in [4.69, 9.17) is 0 Å². The summed E-state index contributed by atoms with van der Waals surface area (Å²) in [5.41, 5.74) is 3.10. The first kappa shape index (κ1) is 19.7. The first-order chi connectivity index (χ1) is 15.6. The van der Waals surface area contributed by atoms with Crippen LogP contribution in [0.15, 0.2) is 43.0 Å². The number of fused-ring (bicyclic) bond motifs is 2. The smallest absolute Gasteiger partial charge is 0.147 e. The van der Waals surface area contributed by atoms with E-state index >= 15 is 0 Å². The molecule has 2 aromatic heterocycles. The van der Waals surface area contributed by atoms with Gasteiger partial charge in [0.25, 0.3) is 0 Å². The molecular weight excluding hydrogens is 407 g/mol. The number of phenolic OH excluding ortho intramolecular Hbond substituents is 1. The van der Waals surface area contributed by atoms with Gasteiger partial charge in [-0.05, 0) is 49.8 Å². The van der Waals surface area contributed by atoms with Crippen molar-refractivity contribution in [2.24, 2.45) is 0 Å². The van der Waals surface area contributed by atoms with Crippen molar-refractivity contribution in [3.05, 3.63) is 43.0 Å². The maximum absolute atomic E-state index is 14.9. The van der Waals surface area contributed by atoms with Gasteiger partial charge in [0.1, 0.15) is 17.7 Å². The van der Waals surface area contributed by atoms with Crippen molar-refractivity contribution in [2.75, 3.05) is 11.9 Å². The molecule has 2 saturated heterocycles. The predicted octanol–water partition coefficient (Wildman–Crippen LogP) is 3.71. The monoisotopic (exact) mass is 434 g/mol. The lowest BCUT2D eigenvalue weighted by atomic mass is 9.96. The van der Waals surface area contributed by atoms with Crippen LogP contribution in [0.5, 0.6) is 5.75 Å². The highest BCUT2D eigenvalue weighted by Crippen LogP contribution is 2.37. The zero-order valence-corrected chi connectivity index (χ0v) is 18.0. The number of hydrogen-bond donors (Lipinski definition) is 2. The molecule has 1 aromatic carbocycles. The Kier molecular flexibility index (Phi) is 4.64. The Morgan fingerprint density at radius 2 is 1.97 bits per heavy atom. The third-order valence-corrected chi connectivity index (χ3v) is 7.18. The molecule has 6 rings (SSSR count).